The number of methoxy groups -OCH3 is 1. The lowest BCUT2D eigenvalue weighted by Crippen LogP contribution is -2.37. The number of nitrogens with zero attached hydrogens (tertiary/aromatic N) is 2. The Morgan fingerprint density at radius 1 is 1.22 bits per heavy atom. The van der Waals surface area contributed by atoms with Crippen LogP contribution in [0.2, 0.25) is 0 Å². The summed E-state index contributed by atoms with van der Waals surface area (Å²) in [6.07, 6.45) is -1.12. The van der Waals surface area contributed by atoms with Crippen molar-refractivity contribution in [1.29, 1.82) is 0 Å². The molecule has 1 heterocycles. The SMILES string of the molecule is COC(=O)C(C)OC(=O)c1cc(S(=O)(=O)N(C)C)ccc1N1CCOCC1. The highest BCUT2D eigenvalue weighted by atomic mass is 32.2. The molecule has 1 fully saturated rings. The van der Waals surface area contributed by atoms with Gasteiger partial charge in [-0.2, -0.15) is 0 Å². The zero-order chi connectivity index (χ0) is 20.2. The van der Waals surface area contributed by atoms with Crippen LogP contribution >= 0.6 is 0 Å². The molecule has 0 bridgehead atoms. The van der Waals surface area contributed by atoms with Crippen LogP contribution in [0.5, 0.6) is 0 Å². The molecule has 1 unspecified atom stereocenters. The van der Waals surface area contributed by atoms with Gasteiger partial charge < -0.3 is 19.1 Å². The van der Waals surface area contributed by atoms with Crippen LogP contribution in [0.4, 0.5) is 5.69 Å². The molecular weight excluding hydrogens is 376 g/mol. The van der Waals surface area contributed by atoms with Gasteiger partial charge in [-0.25, -0.2) is 22.3 Å². The van der Waals surface area contributed by atoms with Crippen molar-refractivity contribution >= 4 is 27.6 Å². The first-order valence-corrected chi connectivity index (χ1v) is 9.80. The molecule has 27 heavy (non-hydrogen) atoms. The summed E-state index contributed by atoms with van der Waals surface area (Å²) < 4.78 is 41.0. The molecule has 1 aliphatic rings. The Hall–Kier alpha value is -2.17. The topological polar surface area (TPSA) is 102 Å². The van der Waals surface area contributed by atoms with Gasteiger partial charge >= 0.3 is 11.9 Å². The summed E-state index contributed by atoms with van der Waals surface area (Å²) in [5, 5.41) is 0. The molecule has 0 aliphatic carbocycles. The highest BCUT2D eigenvalue weighted by molar-refractivity contribution is 7.89. The first kappa shape index (κ1) is 21.1. The first-order chi connectivity index (χ1) is 12.7. The lowest BCUT2D eigenvalue weighted by atomic mass is 10.1. The summed E-state index contributed by atoms with van der Waals surface area (Å²) in [6, 6.07) is 4.29. The molecule has 1 aliphatic heterocycles. The van der Waals surface area contributed by atoms with Crippen molar-refractivity contribution < 1.29 is 32.2 Å². The third-order valence-corrected chi connectivity index (χ3v) is 5.95. The van der Waals surface area contributed by atoms with Gasteiger partial charge in [0.25, 0.3) is 0 Å². The molecule has 9 nitrogen and oxygen atoms in total. The normalized spacial score (nSPS) is 16.1. The summed E-state index contributed by atoms with van der Waals surface area (Å²) in [6.45, 7) is 3.47. The lowest BCUT2D eigenvalue weighted by Gasteiger charge is -2.30. The number of morpholine rings is 1. The second kappa shape index (κ2) is 8.68. The number of hydrogen-bond donors (Lipinski definition) is 0. The van der Waals surface area contributed by atoms with Crippen LogP contribution in [0.15, 0.2) is 23.1 Å². The number of carbonyl (C=O) groups is 2. The fourth-order valence-electron chi connectivity index (χ4n) is 2.57. The van der Waals surface area contributed by atoms with E-state index >= 15 is 0 Å². The Bertz CT molecular complexity index is 801. The number of rotatable bonds is 6. The predicted molar refractivity (Wildman–Crippen MR) is 97.2 cm³/mol. The van der Waals surface area contributed by atoms with Crippen LogP contribution < -0.4 is 4.90 Å². The molecule has 0 radical (unpaired) electrons. The van der Waals surface area contributed by atoms with E-state index in [1.807, 2.05) is 4.90 Å². The zero-order valence-corrected chi connectivity index (χ0v) is 16.6. The van der Waals surface area contributed by atoms with Gasteiger partial charge in [0.1, 0.15) is 0 Å². The monoisotopic (exact) mass is 400 g/mol. The number of ether oxygens (including phenoxy) is 3. The molecule has 0 spiro atoms. The number of carbonyl (C=O) groups excluding carboxylic acids is 2. The highest BCUT2D eigenvalue weighted by Gasteiger charge is 2.27. The smallest absolute Gasteiger partial charge is 0.346 e. The minimum atomic E-state index is -3.74. The summed E-state index contributed by atoms with van der Waals surface area (Å²) >= 11 is 0. The minimum absolute atomic E-state index is 0.0396. The van der Waals surface area contributed by atoms with E-state index in [4.69, 9.17) is 9.47 Å². The quantitative estimate of drug-likeness (QED) is 0.636. The highest BCUT2D eigenvalue weighted by Crippen LogP contribution is 2.27. The molecule has 1 aromatic rings. The van der Waals surface area contributed by atoms with E-state index in [1.54, 1.807) is 6.07 Å². The van der Waals surface area contributed by atoms with Gasteiger partial charge in [-0.1, -0.05) is 0 Å². The molecule has 0 N–H and O–H groups in total. The van der Waals surface area contributed by atoms with E-state index in [0.29, 0.717) is 32.0 Å². The summed E-state index contributed by atoms with van der Waals surface area (Å²) in [5.41, 5.74) is 0.591. The molecule has 1 aromatic carbocycles. The number of esters is 2. The van der Waals surface area contributed by atoms with E-state index in [-0.39, 0.29) is 10.5 Å². The molecule has 10 heteroatoms. The van der Waals surface area contributed by atoms with Gasteiger partial charge in [0, 0.05) is 27.2 Å². The van der Waals surface area contributed by atoms with Crippen molar-refractivity contribution in [2.75, 3.05) is 52.4 Å². The Morgan fingerprint density at radius 2 is 1.85 bits per heavy atom. The third kappa shape index (κ3) is 4.76. The second-order valence-electron chi connectivity index (χ2n) is 6.14. The Balaban J connectivity index is 2.45. The summed E-state index contributed by atoms with van der Waals surface area (Å²) in [4.78, 5) is 26.1. The average Bonchev–Trinajstić information content (AvgIpc) is 2.67. The molecule has 0 amide bonds. The van der Waals surface area contributed by atoms with Crippen LogP contribution in [0.25, 0.3) is 0 Å². The first-order valence-electron chi connectivity index (χ1n) is 8.36. The maximum Gasteiger partial charge on any atom is 0.346 e. The van der Waals surface area contributed by atoms with Gasteiger partial charge in [0.15, 0.2) is 6.10 Å². The standard InChI is InChI=1S/C17H24N2O7S/c1-12(16(20)24-4)26-17(21)14-11-13(27(22,23)18(2)3)5-6-15(14)19-7-9-25-10-8-19/h5-6,11-12H,7-10H2,1-4H3. The zero-order valence-electron chi connectivity index (χ0n) is 15.8. The number of hydrogen-bond acceptors (Lipinski definition) is 8. The fourth-order valence-corrected chi connectivity index (χ4v) is 3.50. The van der Waals surface area contributed by atoms with Gasteiger partial charge in [-0.05, 0) is 25.1 Å². The van der Waals surface area contributed by atoms with Crippen molar-refractivity contribution in [3.8, 4) is 0 Å². The van der Waals surface area contributed by atoms with Crippen molar-refractivity contribution in [2.24, 2.45) is 0 Å². The molecule has 150 valence electrons. The summed E-state index contributed by atoms with van der Waals surface area (Å²) in [7, 11) is 0.262. The minimum Gasteiger partial charge on any atom is -0.466 e. The van der Waals surface area contributed by atoms with Crippen LogP contribution in [0, 0.1) is 0 Å². The molecule has 2 rings (SSSR count). The Morgan fingerprint density at radius 3 is 2.41 bits per heavy atom. The average molecular weight is 400 g/mol. The maximum absolute atomic E-state index is 12.7. The second-order valence-corrected chi connectivity index (χ2v) is 8.29. The van der Waals surface area contributed by atoms with Gasteiger partial charge in [-0.3, -0.25) is 0 Å². The fraction of sp³-hybridized carbons (Fsp3) is 0.529. The Labute approximate surface area is 158 Å². The van der Waals surface area contributed by atoms with E-state index in [9.17, 15) is 18.0 Å². The molecule has 0 saturated carbocycles. The largest absolute Gasteiger partial charge is 0.466 e. The van der Waals surface area contributed by atoms with Crippen LogP contribution in [0.1, 0.15) is 17.3 Å². The predicted octanol–water partition coefficient (Wildman–Crippen LogP) is 0.492. The lowest BCUT2D eigenvalue weighted by molar-refractivity contribution is -0.149. The third-order valence-electron chi connectivity index (χ3n) is 4.14. The number of anilines is 1. The van der Waals surface area contributed by atoms with Crippen LogP contribution in [-0.4, -0.2) is 78.3 Å². The van der Waals surface area contributed by atoms with E-state index in [2.05, 4.69) is 4.74 Å². The van der Waals surface area contributed by atoms with Crippen molar-refractivity contribution in [1.82, 2.24) is 4.31 Å². The molecule has 0 aromatic heterocycles. The van der Waals surface area contributed by atoms with Gasteiger partial charge in [0.05, 0.1) is 36.5 Å². The van der Waals surface area contributed by atoms with Crippen molar-refractivity contribution in [2.45, 2.75) is 17.9 Å². The summed E-state index contributed by atoms with van der Waals surface area (Å²) in [5.74, 6) is -1.50. The van der Waals surface area contributed by atoms with E-state index in [1.165, 1.54) is 40.3 Å². The number of benzene rings is 1. The maximum atomic E-state index is 12.7. The van der Waals surface area contributed by atoms with Crippen LogP contribution in [-0.2, 0) is 29.0 Å². The molecule has 1 atom stereocenters. The molecular formula is C17H24N2O7S. The van der Waals surface area contributed by atoms with Crippen molar-refractivity contribution in [3.05, 3.63) is 23.8 Å². The van der Waals surface area contributed by atoms with Crippen LogP contribution in [0.3, 0.4) is 0 Å². The van der Waals surface area contributed by atoms with Gasteiger partial charge in [0.2, 0.25) is 10.0 Å². The number of sulfonamides is 1. The van der Waals surface area contributed by atoms with Crippen molar-refractivity contribution in [3.63, 3.8) is 0 Å². The van der Waals surface area contributed by atoms with E-state index in [0.717, 1.165) is 4.31 Å². The Kier molecular flexibility index (Phi) is 6.79. The van der Waals surface area contributed by atoms with Gasteiger partial charge in [-0.15, -0.1) is 0 Å². The van der Waals surface area contributed by atoms with E-state index < -0.39 is 28.1 Å². The molecule has 1 saturated heterocycles.